The molecular weight excluding hydrogens is 343 g/mol. The SMILES string of the molecule is CCCC(CN)NC1=C(C(=N)c2cc(OC(F)F)ccc2F)CCCC1. The van der Waals surface area contributed by atoms with E-state index in [1.54, 1.807) is 0 Å². The van der Waals surface area contributed by atoms with Gasteiger partial charge in [-0.15, -0.1) is 0 Å². The Bertz CT molecular complexity index is 661. The molecule has 0 aromatic heterocycles. The molecule has 1 atom stereocenters. The zero-order valence-electron chi connectivity index (χ0n) is 15.0. The number of ether oxygens (including phenoxy) is 1. The molecule has 1 aliphatic rings. The highest BCUT2D eigenvalue weighted by Gasteiger charge is 2.22. The summed E-state index contributed by atoms with van der Waals surface area (Å²) in [6.07, 6.45) is 5.19. The van der Waals surface area contributed by atoms with Gasteiger partial charge in [-0.3, -0.25) is 5.41 Å². The Morgan fingerprint density at radius 1 is 1.31 bits per heavy atom. The quantitative estimate of drug-likeness (QED) is 0.567. The molecule has 7 heteroatoms. The molecule has 1 aromatic carbocycles. The molecule has 0 saturated heterocycles. The van der Waals surface area contributed by atoms with Crippen molar-refractivity contribution in [2.45, 2.75) is 58.1 Å². The van der Waals surface area contributed by atoms with Crippen LogP contribution in [0.5, 0.6) is 5.75 Å². The van der Waals surface area contributed by atoms with E-state index in [0.717, 1.165) is 61.6 Å². The minimum absolute atomic E-state index is 0.0108. The Kier molecular flexibility index (Phi) is 7.50. The second-order valence-corrected chi connectivity index (χ2v) is 6.43. The second kappa shape index (κ2) is 9.62. The van der Waals surface area contributed by atoms with Gasteiger partial charge in [-0.25, -0.2) is 4.39 Å². The second-order valence-electron chi connectivity index (χ2n) is 6.43. The number of rotatable bonds is 9. The van der Waals surface area contributed by atoms with E-state index in [2.05, 4.69) is 17.0 Å². The highest BCUT2D eigenvalue weighted by Crippen LogP contribution is 2.29. The lowest BCUT2D eigenvalue weighted by atomic mass is 9.89. The summed E-state index contributed by atoms with van der Waals surface area (Å²) in [5, 5.41) is 11.9. The largest absolute Gasteiger partial charge is 0.435 e. The Morgan fingerprint density at radius 3 is 2.69 bits per heavy atom. The summed E-state index contributed by atoms with van der Waals surface area (Å²) in [7, 11) is 0. The van der Waals surface area contributed by atoms with E-state index in [1.807, 2.05) is 0 Å². The highest BCUT2D eigenvalue weighted by atomic mass is 19.3. The van der Waals surface area contributed by atoms with Crippen molar-refractivity contribution in [3.05, 3.63) is 40.8 Å². The number of nitrogens with two attached hydrogens (primary N) is 1. The third-order valence-electron chi connectivity index (χ3n) is 4.50. The van der Waals surface area contributed by atoms with Crippen LogP contribution in [0.1, 0.15) is 51.0 Å². The first-order valence-corrected chi connectivity index (χ1v) is 8.98. The fourth-order valence-electron chi connectivity index (χ4n) is 3.22. The number of nitrogens with one attached hydrogen (secondary N) is 2. The van der Waals surface area contributed by atoms with Gasteiger partial charge in [0.1, 0.15) is 11.6 Å². The first-order valence-electron chi connectivity index (χ1n) is 8.98. The van der Waals surface area contributed by atoms with E-state index in [-0.39, 0.29) is 23.1 Å². The zero-order chi connectivity index (χ0) is 19.1. The summed E-state index contributed by atoms with van der Waals surface area (Å²) >= 11 is 0. The van der Waals surface area contributed by atoms with Gasteiger partial charge in [-0.05, 0) is 55.9 Å². The van der Waals surface area contributed by atoms with Crippen LogP contribution in [0.25, 0.3) is 0 Å². The molecule has 144 valence electrons. The predicted molar refractivity (Wildman–Crippen MR) is 96.2 cm³/mol. The molecule has 1 aliphatic carbocycles. The molecular formula is C19H26F3N3O. The normalized spacial score (nSPS) is 15.9. The average molecular weight is 369 g/mol. The van der Waals surface area contributed by atoms with Crippen molar-refractivity contribution in [1.82, 2.24) is 5.32 Å². The third-order valence-corrected chi connectivity index (χ3v) is 4.50. The van der Waals surface area contributed by atoms with Gasteiger partial charge in [-0.2, -0.15) is 8.78 Å². The molecule has 26 heavy (non-hydrogen) atoms. The summed E-state index contributed by atoms with van der Waals surface area (Å²) in [6.45, 7) is -0.441. The van der Waals surface area contributed by atoms with Crippen LogP contribution in [0, 0.1) is 11.2 Å². The van der Waals surface area contributed by atoms with Gasteiger partial charge in [0.15, 0.2) is 0 Å². The summed E-state index contributed by atoms with van der Waals surface area (Å²) in [4.78, 5) is 0. The van der Waals surface area contributed by atoms with Gasteiger partial charge in [0, 0.05) is 23.8 Å². The molecule has 4 N–H and O–H groups in total. The van der Waals surface area contributed by atoms with Gasteiger partial charge < -0.3 is 15.8 Å². The minimum Gasteiger partial charge on any atom is -0.435 e. The summed E-state index contributed by atoms with van der Waals surface area (Å²) in [5.41, 5.74) is 7.42. The molecule has 0 aliphatic heterocycles. The summed E-state index contributed by atoms with van der Waals surface area (Å²) < 4.78 is 43.4. The van der Waals surface area contributed by atoms with Crippen LogP contribution in [0.4, 0.5) is 13.2 Å². The summed E-state index contributed by atoms with van der Waals surface area (Å²) in [6, 6.07) is 3.46. The van der Waals surface area contributed by atoms with E-state index in [0.29, 0.717) is 13.0 Å². The van der Waals surface area contributed by atoms with Crippen molar-refractivity contribution in [1.29, 1.82) is 5.41 Å². The Hall–Kier alpha value is -2.02. The van der Waals surface area contributed by atoms with Crippen LogP contribution in [0.15, 0.2) is 29.5 Å². The van der Waals surface area contributed by atoms with E-state index in [4.69, 9.17) is 11.1 Å². The molecule has 0 radical (unpaired) electrons. The van der Waals surface area contributed by atoms with Gasteiger partial charge in [0.2, 0.25) is 0 Å². The van der Waals surface area contributed by atoms with Crippen LogP contribution < -0.4 is 15.8 Å². The topological polar surface area (TPSA) is 71.1 Å². The molecule has 0 spiro atoms. The lowest BCUT2D eigenvalue weighted by molar-refractivity contribution is -0.0498. The van der Waals surface area contributed by atoms with Gasteiger partial charge in [-0.1, -0.05) is 13.3 Å². The zero-order valence-corrected chi connectivity index (χ0v) is 15.0. The van der Waals surface area contributed by atoms with Crippen molar-refractivity contribution in [3.8, 4) is 5.75 Å². The molecule has 2 rings (SSSR count). The third kappa shape index (κ3) is 5.24. The number of hydrogen-bond acceptors (Lipinski definition) is 4. The van der Waals surface area contributed by atoms with E-state index < -0.39 is 12.4 Å². The average Bonchev–Trinajstić information content (AvgIpc) is 2.62. The number of alkyl halides is 2. The number of allylic oxidation sites excluding steroid dienone is 2. The standard InChI is InChI=1S/C19H26F3N3O/c1-2-5-12(11-23)25-17-7-4-3-6-14(17)18(24)15-10-13(26-19(21)22)8-9-16(15)20/h8-10,12,19,24-25H,2-7,11,23H2,1H3. The van der Waals surface area contributed by atoms with Crippen molar-refractivity contribution >= 4 is 5.71 Å². The number of halogens is 3. The van der Waals surface area contributed by atoms with Crippen molar-refractivity contribution < 1.29 is 17.9 Å². The molecule has 0 saturated carbocycles. The molecule has 0 amide bonds. The van der Waals surface area contributed by atoms with Crippen LogP contribution in [0.2, 0.25) is 0 Å². The fraction of sp³-hybridized carbons (Fsp3) is 0.526. The number of benzene rings is 1. The predicted octanol–water partition coefficient (Wildman–Crippen LogP) is 4.34. The highest BCUT2D eigenvalue weighted by molar-refractivity contribution is 6.11. The van der Waals surface area contributed by atoms with Crippen LogP contribution in [0.3, 0.4) is 0 Å². The number of hydrogen-bond donors (Lipinski definition) is 3. The molecule has 1 unspecified atom stereocenters. The summed E-state index contributed by atoms with van der Waals surface area (Å²) in [5.74, 6) is -0.782. The van der Waals surface area contributed by atoms with Crippen LogP contribution in [-0.4, -0.2) is 24.9 Å². The van der Waals surface area contributed by atoms with Crippen molar-refractivity contribution in [3.63, 3.8) is 0 Å². The van der Waals surface area contributed by atoms with Crippen LogP contribution in [-0.2, 0) is 0 Å². The first-order chi connectivity index (χ1) is 12.5. The fourth-order valence-corrected chi connectivity index (χ4v) is 3.22. The molecule has 0 fully saturated rings. The van der Waals surface area contributed by atoms with E-state index in [9.17, 15) is 13.2 Å². The maximum Gasteiger partial charge on any atom is 0.387 e. The lowest BCUT2D eigenvalue weighted by Crippen LogP contribution is -2.37. The van der Waals surface area contributed by atoms with Gasteiger partial charge >= 0.3 is 6.61 Å². The monoisotopic (exact) mass is 369 g/mol. The molecule has 4 nitrogen and oxygen atoms in total. The molecule has 0 bridgehead atoms. The van der Waals surface area contributed by atoms with E-state index in [1.165, 1.54) is 0 Å². The minimum atomic E-state index is -2.99. The van der Waals surface area contributed by atoms with Crippen molar-refractivity contribution in [2.24, 2.45) is 5.73 Å². The van der Waals surface area contributed by atoms with E-state index >= 15 is 0 Å². The van der Waals surface area contributed by atoms with Crippen LogP contribution >= 0.6 is 0 Å². The smallest absolute Gasteiger partial charge is 0.387 e. The van der Waals surface area contributed by atoms with Crippen molar-refractivity contribution in [2.75, 3.05) is 6.54 Å². The first kappa shape index (κ1) is 20.3. The Morgan fingerprint density at radius 2 is 2.04 bits per heavy atom. The lowest BCUT2D eigenvalue weighted by Gasteiger charge is -2.27. The van der Waals surface area contributed by atoms with Gasteiger partial charge in [0.05, 0.1) is 5.71 Å². The van der Waals surface area contributed by atoms with Gasteiger partial charge in [0.25, 0.3) is 0 Å². The Balaban J connectivity index is 2.32. The molecule has 1 aromatic rings. The molecule has 0 heterocycles. The maximum absolute atomic E-state index is 14.2. The maximum atomic E-state index is 14.2. The Labute approximate surface area is 152 Å².